The summed E-state index contributed by atoms with van der Waals surface area (Å²) in [7, 11) is -0.654. The van der Waals surface area contributed by atoms with Crippen LogP contribution in [0.1, 0.15) is 52.7 Å². The van der Waals surface area contributed by atoms with Gasteiger partial charge in [-0.1, -0.05) is 47.6 Å². The normalized spacial score (nSPS) is 12.8. The van der Waals surface area contributed by atoms with Crippen LogP contribution in [0.2, 0.25) is 13.1 Å². The maximum absolute atomic E-state index is 6.06. The van der Waals surface area contributed by atoms with E-state index in [4.69, 9.17) is 9.16 Å². The highest BCUT2D eigenvalue weighted by Gasteiger charge is 2.25. The van der Waals surface area contributed by atoms with Gasteiger partial charge in [0.25, 0.3) is 0 Å². The molecule has 0 spiro atoms. The molecule has 0 saturated heterocycles. The van der Waals surface area contributed by atoms with Gasteiger partial charge in [0.15, 0.2) is 0 Å². The smallest absolute Gasteiger partial charge is 0.205 e. The zero-order valence-corrected chi connectivity index (χ0v) is 17.8. The summed E-state index contributed by atoms with van der Waals surface area (Å²) in [5.41, 5.74) is 2.71. The lowest BCUT2D eigenvalue weighted by Crippen LogP contribution is -2.20. The maximum atomic E-state index is 6.06. The Bertz CT molecular complexity index is 499. The first-order valence-electron chi connectivity index (χ1n) is 7.83. The number of ether oxygens (including phenoxy) is 1. The van der Waals surface area contributed by atoms with Crippen LogP contribution >= 0.6 is 15.9 Å². The van der Waals surface area contributed by atoms with Crippen LogP contribution in [0, 0.1) is 0 Å². The van der Waals surface area contributed by atoms with Gasteiger partial charge >= 0.3 is 0 Å². The molecule has 0 aromatic heterocycles. The second-order valence-corrected chi connectivity index (χ2v) is 10.9. The summed E-state index contributed by atoms with van der Waals surface area (Å²) in [5.74, 6) is 0.949. The van der Waals surface area contributed by atoms with Crippen LogP contribution < -0.4 is 4.74 Å². The fraction of sp³-hybridized carbons (Fsp3) is 0.667. The molecule has 1 aromatic rings. The van der Waals surface area contributed by atoms with Gasteiger partial charge in [-0.05, 0) is 51.5 Å². The SMILES string of the molecule is C[Si](C)OCCOc1c(Br)cc(C(C)(C)C)cc1C(C)(C)C. The molecule has 0 atom stereocenters. The topological polar surface area (TPSA) is 18.5 Å². The molecular formula is C18H30BrO2Si. The van der Waals surface area contributed by atoms with Crippen LogP contribution in [0.15, 0.2) is 16.6 Å². The van der Waals surface area contributed by atoms with E-state index in [1.165, 1.54) is 11.1 Å². The van der Waals surface area contributed by atoms with Crippen LogP contribution in [0.4, 0.5) is 0 Å². The molecule has 0 saturated carbocycles. The van der Waals surface area contributed by atoms with Gasteiger partial charge in [0, 0.05) is 5.56 Å². The van der Waals surface area contributed by atoms with Crippen LogP contribution in [0.25, 0.3) is 0 Å². The van der Waals surface area contributed by atoms with E-state index in [-0.39, 0.29) is 10.8 Å². The lowest BCUT2D eigenvalue weighted by molar-refractivity contribution is 0.215. The molecule has 0 amide bonds. The van der Waals surface area contributed by atoms with Gasteiger partial charge in [-0.3, -0.25) is 0 Å². The van der Waals surface area contributed by atoms with Crippen molar-refractivity contribution in [2.24, 2.45) is 0 Å². The first kappa shape index (κ1) is 19.7. The van der Waals surface area contributed by atoms with Crippen molar-refractivity contribution in [2.75, 3.05) is 13.2 Å². The van der Waals surface area contributed by atoms with E-state index in [0.29, 0.717) is 13.2 Å². The second-order valence-electron chi connectivity index (χ2n) is 7.94. The van der Waals surface area contributed by atoms with Crippen molar-refractivity contribution in [2.45, 2.75) is 65.5 Å². The Balaban J connectivity index is 3.10. The molecule has 2 nitrogen and oxygen atoms in total. The highest BCUT2D eigenvalue weighted by Crippen LogP contribution is 2.40. The van der Waals surface area contributed by atoms with Gasteiger partial charge in [-0.2, -0.15) is 0 Å². The first-order valence-corrected chi connectivity index (χ1v) is 11.0. The van der Waals surface area contributed by atoms with Gasteiger partial charge in [0.1, 0.15) is 12.4 Å². The predicted octanol–water partition coefficient (Wildman–Crippen LogP) is 5.69. The Hall–Kier alpha value is -0.323. The molecule has 0 aliphatic rings. The molecule has 1 rings (SSSR count). The predicted molar refractivity (Wildman–Crippen MR) is 100 cm³/mol. The van der Waals surface area contributed by atoms with E-state index < -0.39 is 9.04 Å². The summed E-state index contributed by atoms with van der Waals surface area (Å²) in [4.78, 5) is 0. The first-order chi connectivity index (χ1) is 9.93. The molecule has 0 fully saturated rings. The van der Waals surface area contributed by atoms with Gasteiger partial charge in [0.05, 0.1) is 11.1 Å². The zero-order valence-electron chi connectivity index (χ0n) is 15.3. The summed E-state index contributed by atoms with van der Waals surface area (Å²) in [6, 6.07) is 4.47. The van der Waals surface area contributed by atoms with Crippen molar-refractivity contribution in [3.05, 3.63) is 27.7 Å². The van der Waals surface area contributed by atoms with E-state index in [2.05, 4.69) is 82.7 Å². The van der Waals surface area contributed by atoms with Crippen LogP contribution in [-0.2, 0) is 15.3 Å². The number of halogens is 1. The molecule has 1 aromatic carbocycles. The molecule has 0 bridgehead atoms. The summed E-state index contributed by atoms with van der Waals surface area (Å²) >= 11 is 3.70. The molecule has 22 heavy (non-hydrogen) atoms. The Morgan fingerprint density at radius 3 is 2.00 bits per heavy atom. The van der Waals surface area contributed by atoms with E-state index >= 15 is 0 Å². The number of hydrogen-bond acceptors (Lipinski definition) is 2. The van der Waals surface area contributed by atoms with Crippen molar-refractivity contribution in [3.8, 4) is 5.75 Å². The standard InChI is InChI=1S/C18H30BrO2Si/c1-17(2,3)13-11-14(18(4,5)6)16(15(19)12-13)20-9-10-21-22(7)8/h11-12H,9-10H2,1-8H3. The van der Waals surface area contributed by atoms with Crippen LogP contribution in [-0.4, -0.2) is 22.3 Å². The highest BCUT2D eigenvalue weighted by atomic mass is 79.9. The average molecular weight is 386 g/mol. The van der Waals surface area contributed by atoms with Gasteiger partial charge < -0.3 is 9.16 Å². The number of rotatable bonds is 5. The van der Waals surface area contributed by atoms with Crippen molar-refractivity contribution in [3.63, 3.8) is 0 Å². The van der Waals surface area contributed by atoms with Crippen molar-refractivity contribution in [1.29, 1.82) is 0 Å². The Kier molecular flexibility index (Phi) is 6.72. The van der Waals surface area contributed by atoms with E-state index in [0.717, 1.165) is 10.2 Å². The van der Waals surface area contributed by atoms with Crippen molar-refractivity contribution in [1.82, 2.24) is 0 Å². The fourth-order valence-corrected chi connectivity index (χ4v) is 3.19. The molecule has 4 heteroatoms. The Morgan fingerprint density at radius 2 is 1.55 bits per heavy atom. The number of hydrogen-bond donors (Lipinski definition) is 0. The van der Waals surface area contributed by atoms with Crippen LogP contribution in [0.3, 0.4) is 0 Å². The molecule has 0 unspecified atom stereocenters. The monoisotopic (exact) mass is 385 g/mol. The highest BCUT2D eigenvalue weighted by molar-refractivity contribution is 9.10. The molecule has 0 aliphatic carbocycles. The zero-order chi connectivity index (χ0) is 17.1. The minimum Gasteiger partial charge on any atom is -0.490 e. The van der Waals surface area contributed by atoms with Gasteiger partial charge in [0.2, 0.25) is 9.04 Å². The second kappa shape index (κ2) is 7.50. The summed E-state index contributed by atoms with van der Waals surface area (Å²) in [6.45, 7) is 18.9. The van der Waals surface area contributed by atoms with E-state index in [1.807, 2.05) is 0 Å². The minimum atomic E-state index is -0.654. The fourth-order valence-electron chi connectivity index (χ4n) is 2.12. The lowest BCUT2D eigenvalue weighted by atomic mass is 9.80. The third-order valence-electron chi connectivity index (χ3n) is 3.44. The Morgan fingerprint density at radius 1 is 0.955 bits per heavy atom. The molecular weight excluding hydrogens is 356 g/mol. The number of benzene rings is 1. The molecule has 1 radical (unpaired) electrons. The summed E-state index contributed by atoms with van der Waals surface area (Å²) in [5, 5.41) is 0. The third-order valence-corrected chi connectivity index (χ3v) is 4.81. The molecule has 125 valence electrons. The van der Waals surface area contributed by atoms with E-state index in [9.17, 15) is 0 Å². The lowest BCUT2D eigenvalue weighted by Gasteiger charge is -2.28. The Labute approximate surface area is 146 Å². The summed E-state index contributed by atoms with van der Waals surface area (Å²) in [6.07, 6.45) is 0. The minimum absolute atomic E-state index is 0.0322. The van der Waals surface area contributed by atoms with Gasteiger partial charge in [-0.15, -0.1) is 0 Å². The van der Waals surface area contributed by atoms with Crippen molar-refractivity contribution < 1.29 is 9.16 Å². The molecule has 0 N–H and O–H groups in total. The van der Waals surface area contributed by atoms with Crippen molar-refractivity contribution >= 4 is 25.0 Å². The quantitative estimate of drug-likeness (QED) is 0.478. The average Bonchev–Trinajstić information content (AvgIpc) is 2.32. The van der Waals surface area contributed by atoms with Crippen LogP contribution in [0.5, 0.6) is 5.75 Å². The van der Waals surface area contributed by atoms with E-state index in [1.54, 1.807) is 0 Å². The molecule has 0 aliphatic heterocycles. The maximum Gasteiger partial charge on any atom is 0.205 e. The summed E-state index contributed by atoms with van der Waals surface area (Å²) < 4.78 is 12.8. The largest absolute Gasteiger partial charge is 0.490 e. The molecule has 0 heterocycles. The third kappa shape index (κ3) is 5.71. The van der Waals surface area contributed by atoms with Gasteiger partial charge in [-0.25, -0.2) is 0 Å².